The molecular weight excluding hydrogens is 500 g/mol. The molecule has 0 aromatic heterocycles. The van der Waals surface area contributed by atoms with Gasteiger partial charge in [0.25, 0.3) is 23.6 Å². The normalized spacial score (nSPS) is 14.2. The molecule has 4 rings (SSSR count). The van der Waals surface area contributed by atoms with Gasteiger partial charge in [-0.3, -0.25) is 38.6 Å². The second kappa shape index (κ2) is 10.3. The third kappa shape index (κ3) is 4.56. The van der Waals surface area contributed by atoms with Crippen molar-refractivity contribution in [2.24, 2.45) is 0 Å². The highest BCUT2D eigenvalue weighted by molar-refractivity contribution is 6.23. The number of benzene rings is 2. The highest BCUT2D eigenvalue weighted by Gasteiger charge is 2.39. The fraction of sp³-hybridized carbons (Fsp3) is 0.308. The van der Waals surface area contributed by atoms with E-state index in [1.807, 2.05) is 0 Å². The second-order valence-electron chi connectivity index (χ2n) is 8.71. The zero-order chi connectivity index (χ0) is 27.7. The van der Waals surface area contributed by atoms with E-state index in [1.54, 1.807) is 0 Å². The average Bonchev–Trinajstić information content (AvgIpc) is 3.26. The van der Waals surface area contributed by atoms with Crippen molar-refractivity contribution in [1.82, 2.24) is 9.80 Å². The van der Waals surface area contributed by atoms with Gasteiger partial charge in [-0.2, -0.15) is 0 Å². The molecule has 198 valence electrons. The number of rotatable bonds is 11. The Bertz CT molecular complexity index is 1290. The van der Waals surface area contributed by atoms with E-state index in [2.05, 4.69) is 0 Å². The Hall–Kier alpha value is -4.74. The summed E-state index contributed by atoms with van der Waals surface area (Å²) in [5.41, 5.74) is 1.04. The Balaban J connectivity index is 1.73. The topological polar surface area (TPSA) is 168 Å². The molecule has 2 aromatic rings. The molecule has 4 amide bonds. The van der Waals surface area contributed by atoms with Gasteiger partial charge in [0.15, 0.2) is 0 Å². The number of carboxylic acids is 2. The monoisotopic (exact) mass is 524 g/mol. The maximum absolute atomic E-state index is 13.0. The van der Waals surface area contributed by atoms with Gasteiger partial charge >= 0.3 is 11.9 Å². The molecule has 38 heavy (non-hydrogen) atoms. The predicted molar refractivity (Wildman–Crippen MR) is 129 cm³/mol. The van der Waals surface area contributed by atoms with Crippen LogP contribution in [0.25, 0.3) is 11.1 Å². The number of imide groups is 2. The third-order valence-electron chi connectivity index (χ3n) is 6.42. The zero-order valence-electron chi connectivity index (χ0n) is 20.6. The standard InChI is InChI=1S/C26H24N2O10/c1-37-19-11-17-15(23(33)27(25(17)35)7-3-5-21(29)30)9-13(19)14-10-16-18(12-20(14)38-2)26(36)28(24(16)34)8-4-6-22(31)32/h9-12H,3-8H2,1-2H3,(H,29,30)(H,31,32). The quantitative estimate of drug-likeness (QED) is 0.416. The fourth-order valence-electron chi connectivity index (χ4n) is 4.58. The Morgan fingerprint density at radius 3 is 1.21 bits per heavy atom. The fourth-order valence-corrected chi connectivity index (χ4v) is 4.58. The SMILES string of the molecule is COc1cc2c(cc1-c1cc3c(cc1OC)C(=O)N(CCCC(=O)O)C3=O)C(=O)N(CCCC(=O)O)C2=O. The lowest BCUT2D eigenvalue weighted by molar-refractivity contribution is -0.138. The Morgan fingerprint density at radius 1 is 0.605 bits per heavy atom. The van der Waals surface area contributed by atoms with Gasteiger partial charge in [0.05, 0.1) is 36.5 Å². The summed E-state index contributed by atoms with van der Waals surface area (Å²) in [5, 5.41) is 17.7. The van der Waals surface area contributed by atoms with Gasteiger partial charge in [-0.15, -0.1) is 0 Å². The van der Waals surface area contributed by atoms with E-state index >= 15 is 0 Å². The van der Waals surface area contributed by atoms with Crippen LogP contribution in [0.1, 0.15) is 67.1 Å². The zero-order valence-corrected chi connectivity index (χ0v) is 20.6. The average molecular weight is 524 g/mol. The summed E-state index contributed by atoms with van der Waals surface area (Å²) in [6.07, 6.45) is -0.201. The number of hydrogen-bond donors (Lipinski definition) is 2. The second-order valence-corrected chi connectivity index (χ2v) is 8.71. The molecule has 0 aliphatic carbocycles. The van der Waals surface area contributed by atoms with Crippen molar-refractivity contribution in [3.05, 3.63) is 46.5 Å². The number of nitrogens with zero attached hydrogens (tertiary/aromatic N) is 2. The van der Waals surface area contributed by atoms with Gasteiger partial charge in [0, 0.05) is 37.1 Å². The lowest BCUT2D eigenvalue weighted by Gasteiger charge is -2.14. The highest BCUT2D eigenvalue weighted by Crippen LogP contribution is 2.43. The Labute approximate surface area is 216 Å². The molecule has 2 N–H and O–H groups in total. The van der Waals surface area contributed by atoms with Crippen molar-refractivity contribution in [2.75, 3.05) is 27.3 Å². The van der Waals surface area contributed by atoms with E-state index in [4.69, 9.17) is 19.7 Å². The number of fused-ring (bicyclic) bond motifs is 2. The van der Waals surface area contributed by atoms with Crippen molar-refractivity contribution in [1.29, 1.82) is 0 Å². The maximum Gasteiger partial charge on any atom is 0.303 e. The summed E-state index contributed by atoms with van der Waals surface area (Å²) in [7, 11) is 2.74. The number of carbonyl (C=O) groups excluding carboxylic acids is 4. The van der Waals surface area contributed by atoms with Crippen LogP contribution in [-0.4, -0.2) is 82.9 Å². The minimum absolute atomic E-state index is 0.0627. The van der Waals surface area contributed by atoms with Gasteiger partial charge < -0.3 is 19.7 Å². The molecule has 0 bridgehead atoms. The van der Waals surface area contributed by atoms with Gasteiger partial charge in [-0.05, 0) is 37.1 Å². The van der Waals surface area contributed by atoms with Crippen molar-refractivity contribution < 1.29 is 48.5 Å². The molecule has 2 heterocycles. The number of hydrogen-bond acceptors (Lipinski definition) is 8. The largest absolute Gasteiger partial charge is 0.496 e. The van der Waals surface area contributed by atoms with Crippen LogP contribution in [-0.2, 0) is 9.59 Å². The van der Waals surface area contributed by atoms with E-state index in [-0.39, 0.29) is 72.5 Å². The molecule has 0 unspecified atom stereocenters. The molecule has 2 aromatic carbocycles. The van der Waals surface area contributed by atoms with Gasteiger partial charge in [-0.1, -0.05) is 0 Å². The minimum atomic E-state index is -1.04. The summed E-state index contributed by atoms with van der Waals surface area (Å²) < 4.78 is 11.0. The molecule has 0 radical (unpaired) electrons. The number of ether oxygens (including phenoxy) is 2. The molecule has 0 saturated heterocycles. The van der Waals surface area contributed by atoms with Gasteiger partial charge in [0.1, 0.15) is 11.5 Å². The number of amides is 4. The molecule has 12 heteroatoms. The number of carbonyl (C=O) groups is 6. The lowest BCUT2D eigenvalue weighted by Crippen LogP contribution is -2.31. The van der Waals surface area contributed by atoms with Crippen LogP contribution in [0.4, 0.5) is 0 Å². The first-order valence-electron chi connectivity index (χ1n) is 11.7. The molecule has 2 aliphatic rings. The summed E-state index contributed by atoms with van der Waals surface area (Å²) in [5.74, 6) is -3.97. The van der Waals surface area contributed by atoms with E-state index in [1.165, 1.54) is 38.5 Å². The third-order valence-corrected chi connectivity index (χ3v) is 6.42. The molecule has 0 atom stereocenters. The van der Waals surface area contributed by atoms with Crippen LogP contribution in [0, 0.1) is 0 Å². The van der Waals surface area contributed by atoms with Crippen molar-refractivity contribution in [3.63, 3.8) is 0 Å². The summed E-state index contributed by atoms with van der Waals surface area (Å²) >= 11 is 0. The first-order valence-corrected chi connectivity index (χ1v) is 11.7. The van der Waals surface area contributed by atoms with Crippen LogP contribution in [0.15, 0.2) is 24.3 Å². The summed E-state index contributed by atoms with van der Waals surface area (Å²) in [6.45, 7) is -0.125. The maximum atomic E-state index is 13.0. The predicted octanol–water partition coefficient (Wildman–Crippen LogP) is 2.29. The molecule has 2 aliphatic heterocycles. The van der Waals surface area contributed by atoms with Crippen LogP contribution in [0.2, 0.25) is 0 Å². The minimum Gasteiger partial charge on any atom is -0.496 e. The molecule has 0 spiro atoms. The lowest BCUT2D eigenvalue weighted by atomic mass is 9.95. The number of aliphatic carboxylic acids is 2. The molecular formula is C26H24N2O10. The van der Waals surface area contributed by atoms with Crippen LogP contribution < -0.4 is 9.47 Å². The van der Waals surface area contributed by atoms with E-state index in [9.17, 15) is 28.8 Å². The van der Waals surface area contributed by atoms with E-state index in [0.717, 1.165) is 9.80 Å². The number of methoxy groups -OCH3 is 2. The molecule has 0 fully saturated rings. The smallest absolute Gasteiger partial charge is 0.303 e. The van der Waals surface area contributed by atoms with Crippen molar-refractivity contribution in [3.8, 4) is 22.6 Å². The first-order chi connectivity index (χ1) is 18.1. The summed E-state index contributed by atoms with van der Waals surface area (Å²) in [6, 6.07) is 5.70. The Kier molecular flexibility index (Phi) is 7.15. The Morgan fingerprint density at radius 2 is 0.921 bits per heavy atom. The molecule has 0 saturated carbocycles. The molecule has 12 nitrogen and oxygen atoms in total. The van der Waals surface area contributed by atoms with Crippen molar-refractivity contribution in [2.45, 2.75) is 25.7 Å². The number of carboxylic acid groups (broad SMARTS) is 2. The highest BCUT2D eigenvalue weighted by atomic mass is 16.5. The van der Waals surface area contributed by atoms with Gasteiger partial charge in [0.2, 0.25) is 0 Å². The summed E-state index contributed by atoms with van der Waals surface area (Å²) in [4.78, 5) is 75.4. The first kappa shape index (κ1) is 26.3. The van der Waals surface area contributed by atoms with E-state index < -0.39 is 35.6 Å². The van der Waals surface area contributed by atoms with Crippen LogP contribution >= 0.6 is 0 Å². The van der Waals surface area contributed by atoms with Crippen LogP contribution in [0.3, 0.4) is 0 Å². The van der Waals surface area contributed by atoms with E-state index in [0.29, 0.717) is 11.1 Å². The van der Waals surface area contributed by atoms with Crippen molar-refractivity contribution >= 4 is 35.6 Å². The van der Waals surface area contributed by atoms with Crippen LogP contribution in [0.5, 0.6) is 11.5 Å². The van der Waals surface area contributed by atoms with Gasteiger partial charge in [-0.25, -0.2) is 0 Å².